The van der Waals surface area contributed by atoms with Crippen molar-refractivity contribution in [1.29, 1.82) is 0 Å². The van der Waals surface area contributed by atoms with Crippen LogP contribution in [0, 0.1) is 6.92 Å². The number of nitrogens with one attached hydrogen (secondary N) is 3. The lowest BCUT2D eigenvalue weighted by Crippen LogP contribution is -2.43. The van der Waals surface area contributed by atoms with Crippen LogP contribution >= 0.6 is 0 Å². The van der Waals surface area contributed by atoms with Gasteiger partial charge in [0.25, 0.3) is 5.91 Å². The highest BCUT2D eigenvalue weighted by molar-refractivity contribution is 7.92. The number of benzene rings is 3. The molecular formula is C29H37N3O6S. The second kappa shape index (κ2) is 12.5. The number of sulfonamides is 1. The molecule has 0 spiro atoms. The van der Waals surface area contributed by atoms with Gasteiger partial charge in [0.2, 0.25) is 10.0 Å². The molecular weight excluding hydrogens is 518 g/mol. The molecule has 6 N–H and O–H groups in total. The van der Waals surface area contributed by atoms with Crippen LogP contribution in [0.15, 0.2) is 60.7 Å². The minimum atomic E-state index is -3.59. The predicted octanol–water partition coefficient (Wildman–Crippen LogP) is 3.39. The highest BCUT2D eigenvalue weighted by Gasteiger charge is 2.21. The first-order chi connectivity index (χ1) is 18.2. The Morgan fingerprint density at radius 2 is 1.69 bits per heavy atom. The van der Waals surface area contributed by atoms with E-state index in [0.29, 0.717) is 30.5 Å². The molecule has 9 nitrogen and oxygen atoms in total. The van der Waals surface area contributed by atoms with Crippen molar-refractivity contribution in [2.45, 2.75) is 45.3 Å². The Balaban J connectivity index is 1.56. The lowest BCUT2D eigenvalue weighted by Gasteiger charge is -2.28. The zero-order valence-electron chi connectivity index (χ0n) is 22.7. The van der Waals surface area contributed by atoms with E-state index in [4.69, 9.17) is 0 Å². The SMILES string of the molecule is Cc1cc(CCNC(=O)c2cccc(CC(C)(C)NC[C@H](O)c3ccc(O)c(NS(C)(=O)=O)c3)c2)ccc1O. The molecule has 1 amide bonds. The van der Waals surface area contributed by atoms with Crippen LogP contribution in [0.5, 0.6) is 11.5 Å². The van der Waals surface area contributed by atoms with Crippen molar-refractivity contribution in [3.05, 3.63) is 88.5 Å². The van der Waals surface area contributed by atoms with Gasteiger partial charge in [-0.05, 0) is 86.2 Å². The number of carbonyl (C=O) groups is 1. The van der Waals surface area contributed by atoms with Crippen molar-refractivity contribution in [3.8, 4) is 11.5 Å². The summed E-state index contributed by atoms with van der Waals surface area (Å²) in [5, 5.41) is 36.5. The van der Waals surface area contributed by atoms with Gasteiger partial charge in [0.1, 0.15) is 11.5 Å². The fraction of sp³-hybridized carbons (Fsp3) is 0.345. The maximum absolute atomic E-state index is 12.7. The Labute approximate surface area is 230 Å². The molecule has 3 aromatic carbocycles. The van der Waals surface area contributed by atoms with Gasteiger partial charge >= 0.3 is 0 Å². The number of anilines is 1. The number of amides is 1. The van der Waals surface area contributed by atoms with Gasteiger partial charge in [-0.1, -0.05) is 30.3 Å². The van der Waals surface area contributed by atoms with E-state index >= 15 is 0 Å². The summed E-state index contributed by atoms with van der Waals surface area (Å²) in [5.74, 6) is -0.147. The van der Waals surface area contributed by atoms with E-state index < -0.39 is 21.7 Å². The van der Waals surface area contributed by atoms with Crippen molar-refractivity contribution in [3.63, 3.8) is 0 Å². The van der Waals surface area contributed by atoms with Crippen molar-refractivity contribution in [1.82, 2.24) is 10.6 Å². The molecule has 39 heavy (non-hydrogen) atoms. The topological polar surface area (TPSA) is 148 Å². The first-order valence-electron chi connectivity index (χ1n) is 12.6. The van der Waals surface area contributed by atoms with Gasteiger partial charge in [0.15, 0.2) is 0 Å². The molecule has 0 aliphatic carbocycles. The van der Waals surface area contributed by atoms with E-state index in [9.17, 15) is 28.5 Å². The molecule has 10 heteroatoms. The van der Waals surface area contributed by atoms with E-state index in [0.717, 1.165) is 22.9 Å². The van der Waals surface area contributed by atoms with Gasteiger partial charge in [0, 0.05) is 24.2 Å². The van der Waals surface area contributed by atoms with Gasteiger partial charge in [0.05, 0.1) is 18.0 Å². The third kappa shape index (κ3) is 9.27. The number of aryl methyl sites for hydroxylation is 1. The minimum absolute atomic E-state index is 0.00146. The number of phenols is 2. The molecule has 0 saturated carbocycles. The second-order valence-electron chi connectivity index (χ2n) is 10.4. The quantitative estimate of drug-likeness (QED) is 0.188. The van der Waals surface area contributed by atoms with Crippen molar-refractivity contribution < 1.29 is 28.5 Å². The zero-order valence-corrected chi connectivity index (χ0v) is 23.5. The summed E-state index contributed by atoms with van der Waals surface area (Å²) in [6, 6.07) is 17.1. The molecule has 0 heterocycles. The summed E-state index contributed by atoms with van der Waals surface area (Å²) >= 11 is 0. The van der Waals surface area contributed by atoms with E-state index in [1.807, 2.05) is 51.1 Å². The first-order valence-corrected chi connectivity index (χ1v) is 14.5. The monoisotopic (exact) mass is 555 g/mol. The molecule has 0 radical (unpaired) electrons. The summed E-state index contributed by atoms with van der Waals surface area (Å²) in [7, 11) is -3.59. The van der Waals surface area contributed by atoms with Crippen LogP contribution in [-0.2, 0) is 22.9 Å². The maximum Gasteiger partial charge on any atom is 0.251 e. The molecule has 1 atom stereocenters. The van der Waals surface area contributed by atoms with Gasteiger partial charge < -0.3 is 26.0 Å². The van der Waals surface area contributed by atoms with E-state index in [2.05, 4.69) is 15.4 Å². The smallest absolute Gasteiger partial charge is 0.251 e. The Morgan fingerprint density at radius 3 is 2.38 bits per heavy atom. The fourth-order valence-corrected chi connectivity index (χ4v) is 4.79. The minimum Gasteiger partial charge on any atom is -0.508 e. The van der Waals surface area contributed by atoms with Crippen LogP contribution in [-0.4, -0.2) is 54.5 Å². The van der Waals surface area contributed by atoms with Crippen molar-refractivity contribution in [2.24, 2.45) is 0 Å². The van der Waals surface area contributed by atoms with Crippen LogP contribution in [0.2, 0.25) is 0 Å². The number of aliphatic hydroxyl groups excluding tert-OH is 1. The molecule has 0 fully saturated rings. The molecule has 0 bridgehead atoms. The van der Waals surface area contributed by atoms with Gasteiger partial charge in [-0.2, -0.15) is 0 Å². The molecule has 0 saturated heterocycles. The third-order valence-electron chi connectivity index (χ3n) is 6.27. The Kier molecular flexibility index (Phi) is 9.60. The summed E-state index contributed by atoms with van der Waals surface area (Å²) < 4.78 is 25.3. The van der Waals surface area contributed by atoms with Gasteiger partial charge in [-0.15, -0.1) is 0 Å². The Morgan fingerprint density at radius 1 is 0.974 bits per heavy atom. The molecule has 0 aliphatic heterocycles. The molecule has 0 unspecified atom stereocenters. The average Bonchev–Trinajstić information content (AvgIpc) is 2.85. The number of aliphatic hydroxyl groups is 1. The van der Waals surface area contributed by atoms with Crippen LogP contribution in [0.25, 0.3) is 0 Å². The highest BCUT2D eigenvalue weighted by Crippen LogP contribution is 2.28. The van der Waals surface area contributed by atoms with E-state index in [-0.39, 0.29) is 29.6 Å². The summed E-state index contributed by atoms with van der Waals surface area (Å²) in [4.78, 5) is 12.7. The normalized spacial score (nSPS) is 12.6. The number of phenolic OH excluding ortho intramolecular Hbond substituents is 2. The number of rotatable bonds is 12. The Bertz CT molecular complexity index is 1420. The van der Waals surface area contributed by atoms with Crippen molar-refractivity contribution in [2.75, 3.05) is 24.1 Å². The average molecular weight is 556 g/mol. The molecule has 0 aromatic heterocycles. The number of aromatic hydroxyl groups is 2. The summed E-state index contributed by atoms with van der Waals surface area (Å²) in [6.07, 6.45) is 1.28. The van der Waals surface area contributed by atoms with Gasteiger partial charge in [-0.25, -0.2) is 8.42 Å². The number of β-amino-alcohol motifs (C(OH)–C–C–N with tert-alkyl or cyclic N) is 1. The first kappa shape index (κ1) is 29.9. The van der Waals surface area contributed by atoms with E-state index in [1.165, 1.54) is 18.2 Å². The third-order valence-corrected chi connectivity index (χ3v) is 6.86. The van der Waals surface area contributed by atoms with Gasteiger partial charge in [-0.3, -0.25) is 9.52 Å². The van der Waals surface area contributed by atoms with Crippen LogP contribution in [0.1, 0.15) is 52.6 Å². The molecule has 3 aromatic rings. The number of hydrogen-bond acceptors (Lipinski definition) is 7. The molecule has 210 valence electrons. The number of hydrogen-bond donors (Lipinski definition) is 6. The molecule has 3 rings (SSSR count). The fourth-order valence-electron chi connectivity index (χ4n) is 4.22. The van der Waals surface area contributed by atoms with Crippen LogP contribution < -0.4 is 15.4 Å². The number of carbonyl (C=O) groups excluding carboxylic acids is 1. The lowest BCUT2D eigenvalue weighted by atomic mass is 9.93. The van der Waals surface area contributed by atoms with Crippen molar-refractivity contribution >= 4 is 21.6 Å². The maximum atomic E-state index is 12.7. The summed E-state index contributed by atoms with van der Waals surface area (Å²) in [5.41, 5.74) is 3.35. The Hall–Kier alpha value is -3.60. The highest BCUT2D eigenvalue weighted by atomic mass is 32.2. The zero-order chi connectivity index (χ0) is 28.8. The predicted molar refractivity (Wildman–Crippen MR) is 153 cm³/mol. The van der Waals surface area contributed by atoms with E-state index in [1.54, 1.807) is 12.1 Å². The second-order valence-corrected chi connectivity index (χ2v) is 12.2. The van der Waals surface area contributed by atoms with Crippen LogP contribution in [0.4, 0.5) is 5.69 Å². The largest absolute Gasteiger partial charge is 0.508 e. The molecule has 0 aliphatic rings. The standard InChI is InChI=1S/C29H37N3O6S/c1-19-14-20(8-10-25(19)33)12-13-30-28(36)23-7-5-6-21(15-23)17-29(2,3)31-18-27(35)22-9-11-26(34)24(16-22)32-39(4,37)38/h5-11,14-16,27,31-35H,12-13,17-18H2,1-4H3,(H,30,36)/t27-/m0/s1. The summed E-state index contributed by atoms with van der Waals surface area (Å²) in [6.45, 7) is 6.46. The van der Waals surface area contributed by atoms with Crippen LogP contribution in [0.3, 0.4) is 0 Å². The lowest BCUT2D eigenvalue weighted by molar-refractivity contribution is 0.0954.